The lowest BCUT2D eigenvalue weighted by atomic mass is 10.0. The van der Waals surface area contributed by atoms with E-state index < -0.39 is 0 Å². The topological polar surface area (TPSA) is 32.5 Å². The average molecular weight is 633 g/mol. The van der Waals surface area contributed by atoms with Crippen molar-refractivity contribution in [1.29, 1.82) is 0 Å². The van der Waals surface area contributed by atoms with Crippen LogP contribution in [0.5, 0.6) is 0 Å². The summed E-state index contributed by atoms with van der Waals surface area (Å²) in [7, 11) is 0. The van der Waals surface area contributed by atoms with E-state index in [0.717, 1.165) is 68.9 Å². The Morgan fingerprint density at radius 1 is 0.921 bits per heavy atom. The van der Waals surface area contributed by atoms with E-state index in [9.17, 15) is 4.79 Å². The van der Waals surface area contributed by atoms with Crippen molar-refractivity contribution in [2.24, 2.45) is 0 Å². The maximum Gasteiger partial charge on any atom is 0.222 e. The lowest BCUT2D eigenvalue weighted by Gasteiger charge is -2.25. The van der Waals surface area contributed by atoms with E-state index >= 15 is 0 Å². The number of ether oxygens (including phenoxy) is 1. The van der Waals surface area contributed by atoms with Gasteiger partial charge < -0.3 is 9.64 Å². The molecule has 38 heavy (non-hydrogen) atoms. The SMILES string of the molecule is CCC(=O)N1CC[N+](=C2C=CC(=CC=C3C=C(c4cccc(Br)c4)C=C(c4cccc(Br)c4)O3)C=C2)CC1. The maximum absolute atomic E-state index is 12.0. The predicted molar refractivity (Wildman–Crippen MR) is 162 cm³/mol. The fourth-order valence-electron chi connectivity index (χ4n) is 4.64. The normalized spacial score (nSPS) is 18.3. The summed E-state index contributed by atoms with van der Waals surface area (Å²) in [6.45, 7) is 5.21. The highest BCUT2D eigenvalue weighted by molar-refractivity contribution is 9.10. The van der Waals surface area contributed by atoms with E-state index in [1.54, 1.807) is 0 Å². The second-order valence-corrected chi connectivity index (χ2v) is 11.1. The van der Waals surface area contributed by atoms with E-state index in [0.29, 0.717) is 6.42 Å². The van der Waals surface area contributed by atoms with Gasteiger partial charge in [-0.05, 0) is 71.4 Å². The standard InChI is InChI=1S/C32H29Br2N2O2/c1-2-32(37)36-17-15-35(16-18-36)29-12-9-23(10-13-29)11-14-30-21-26(24-5-3-7-27(33)19-24)22-31(38-30)25-6-4-8-28(34)20-25/h3-14,19-22H,2,15-18H2,1H3/q+1. The summed E-state index contributed by atoms with van der Waals surface area (Å²) in [5.74, 6) is 1.82. The predicted octanol–water partition coefficient (Wildman–Crippen LogP) is 7.31. The first-order chi connectivity index (χ1) is 18.5. The van der Waals surface area contributed by atoms with Gasteiger partial charge in [0.15, 0.2) is 18.8 Å². The zero-order valence-electron chi connectivity index (χ0n) is 21.2. The van der Waals surface area contributed by atoms with Crippen LogP contribution in [0.2, 0.25) is 0 Å². The monoisotopic (exact) mass is 631 g/mol. The minimum Gasteiger partial charge on any atom is -0.457 e. The van der Waals surface area contributed by atoms with Crippen molar-refractivity contribution in [1.82, 2.24) is 4.90 Å². The van der Waals surface area contributed by atoms with Crippen LogP contribution >= 0.6 is 31.9 Å². The first-order valence-corrected chi connectivity index (χ1v) is 14.4. The minimum absolute atomic E-state index is 0.238. The van der Waals surface area contributed by atoms with Crippen molar-refractivity contribution in [3.63, 3.8) is 0 Å². The summed E-state index contributed by atoms with van der Waals surface area (Å²) in [5.41, 5.74) is 5.50. The molecule has 4 nitrogen and oxygen atoms in total. The van der Waals surface area contributed by atoms with Crippen molar-refractivity contribution in [2.75, 3.05) is 26.2 Å². The van der Waals surface area contributed by atoms with Gasteiger partial charge in [0, 0.05) is 33.1 Å². The molecule has 2 heterocycles. The second kappa shape index (κ2) is 12.1. The molecule has 1 amide bonds. The van der Waals surface area contributed by atoms with Crippen molar-refractivity contribution in [3.05, 3.63) is 129 Å². The summed E-state index contributed by atoms with van der Waals surface area (Å²) in [4.78, 5) is 13.9. The molecule has 2 aromatic rings. The van der Waals surface area contributed by atoms with E-state index in [1.165, 1.54) is 5.71 Å². The van der Waals surface area contributed by atoms with Gasteiger partial charge in [-0.15, -0.1) is 0 Å². The van der Waals surface area contributed by atoms with Crippen LogP contribution in [-0.4, -0.2) is 47.3 Å². The van der Waals surface area contributed by atoms with Gasteiger partial charge in [0.05, 0.1) is 13.1 Å². The fourth-order valence-corrected chi connectivity index (χ4v) is 5.43. The Labute approximate surface area is 241 Å². The molecule has 0 atom stereocenters. The van der Waals surface area contributed by atoms with Gasteiger partial charge >= 0.3 is 0 Å². The van der Waals surface area contributed by atoms with Crippen LogP contribution in [0.1, 0.15) is 24.5 Å². The molecule has 1 saturated heterocycles. The number of nitrogens with zero attached hydrogens (tertiary/aromatic N) is 2. The number of allylic oxidation sites excluding steroid dienone is 10. The highest BCUT2D eigenvalue weighted by Crippen LogP contribution is 2.33. The van der Waals surface area contributed by atoms with E-state index in [1.807, 2.05) is 42.2 Å². The molecule has 0 saturated carbocycles. The molecule has 1 aliphatic carbocycles. The largest absolute Gasteiger partial charge is 0.457 e. The molecular formula is C32H29Br2N2O2+. The fraction of sp³-hybridized carbons (Fsp3) is 0.188. The zero-order valence-corrected chi connectivity index (χ0v) is 24.4. The number of carbonyl (C=O) groups excluding carboxylic acids is 1. The molecule has 0 N–H and O–H groups in total. The van der Waals surface area contributed by atoms with Crippen molar-refractivity contribution in [3.8, 4) is 0 Å². The molecule has 0 aromatic heterocycles. The van der Waals surface area contributed by atoms with E-state index in [4.69, 9.17) is 4.74 Å². The summed E-state index contributed by atoms with van der Waals surface area (Å²) < 4.78 is 10.7. The van der Waals surface area contributed by atoms with Gasteiger partial charge in [-0.25, -0.2) is 4.58 Å². The van der Waals surface area contributed by atoms with Crippen LogP contribution in [-0.2, 0) is 9.53 Å². The lowest BCUT2D eigenvalue weighted by molar-refractivity contribution is -0.536. The van der Waals surface area contributed by atoms with Gasteiger partial charge in [-0.1, -0.05) is 69.1 Å². The third-order valence-electron chi connectivity index (χ3n) is 6.71. The molecule has 0 spiro atoms. The molecule has 0 unspecified atom stereocenters. The lowest BCUT2D eigenvalue weighted by Crippen LogP contribution is -2.46. The van der Waals surface area contributed by atoms with Crippen LogP contribution in [0.15, 0.2) is 117 Å². The van der Waals surface area contributed by atoms with Crippen LogP contribution in [0.4, 0.5) is 0 Å². The van der Waals surface area contributed by atoms with E-state index in [-0.39, 0.29) is 5.91 Å². The van der Waals surface area contributed by atoms with Gasteiger partial charge in [0.1, 0.15) is 11.5 Å². The quantitative estimate of drug-likeness (QED) is 0.331. The van der Waals surface area contributed by atoms with Gasteiger partial charge in [-0.2, -0.15) is 0 Å². The van der Waals surface area contributed by atoms with Crippen molar-refractivity contribution < 1.29 is 14.1 Å². The van der Waals surface area contributed by atoms with Crippen molar-refractivity contribution in [2.45, 2.75) is 13.3 Å². The Morgan fingerprint density at radius 2 is 1.58 bits per heavy atom. The highest BCUT2D eigenvalue weighted by atomic mass is 79.9. The third kappa shape index (κ3) is 6.43. The smallest absolute Gasteiger partial charge is 0.222 e. The van der Waals surface area contributed by atoms with Crippen LogP contribution < -0.4 is 0 Å². The van der Waals surface area contributed by atoms with Gasteiger partial charge in [-0.3, -0.25) is 4.79 Å². The Morgan fingerprint density at radius 3 is 2.24 bits per heavy atom. The molecule has 1 fully saturated rings. The number of piperazine rings is 1. The van der Waals surface area contributed by atoms with Crippen LogP contribution in [0, 0.1) is 0 Å². The number of rotatable bonds is 4. The number of amides is 1. The molecule has 6 heteroatoms. The number of carbonyl (C=O) groups is 1. The Balaban J connectivity index is 1.37. The molecule has 2 aliphatic heterocycles. The summed E-state index contributed by atoms with van der Waals surface area (Å²) >= 11 is 7.17. The van der Waals surface area contributed by atoms with Crippen LogP contribution in [0.3, 0.4) is 0 Å². The molecule has 5 rings (SSSR count). The first-order valence-electron chi connectivity index (χ1n) is 12.8. The molecule has 0 bridgehead atoms. The Hall–Kier alpha value is -3.22. The summed E-state index contributed by atoms with van der Waals surface area (Å²) in [5, 5.41) is 0. The molecule has 192 valence electrons. The van der Waals surface area contributed by atoms with E-state index in [2.05, 4.69) is 103 Å². The average Bonchev–Trinajstić information content (AvgIpc) is 2.96. The zero-order chi connectivity index (χ0) is 26.5. The Bertz CT molecular complexity index is 1450. The van der Waals surface area contributed by atoms with Crippen molar-refractivity contribution >= 4 is 54.8 Å². The molecule has 2 aromatic carbocycles. The van der Waals surface area contributed by atoms with Gasteiger partial charge in [0.25, 0.3) is 0 Å². The van der Waals surface area contributed by atoms with Crippen LogP contribution in [0.25, 0.3) is 11.3 Å². The third-order valence-corrected chi connectivity index (χ3v) is 7.70. The summed E-state index contributed by atoms with van der Waals surface area (Å²) in [6.07, 6.45) is 17.4. The highest BCUT2D eigenvalue weighted by Gasteiger charge is 2.23. The number of hydrogen-bond donors (Lipinski definition) is 0. The summed E-state index contributed by atoms with van der Waals surface area (Å²) in [6, 6.07) is 16.4. The molecular weight excluding hydrogens is 604 g/mol. The maximum atomic E-state index is 12.0. The minimum atomic E-state index is 0.238. The van der Waals surface area contributed by atoms with Gasteiger partial charge in [0.2, 0.25) is 5.91 Å². The second-order valence-electron chi connectivity index (χ2n) is 9.28. The molecule has 0 radical (unpaired) electrons. The number of hydrogen-bond acceptors (Lipinski definition) is 2. The molecule has 3 aliphatic rings. The number of benzene rings is 2. The number of halogens is 2. The Kier molecular flexibility index (Phi) is 8.40. The first kappa shape index (κ1) is 26.4.